The van der Waals surface area contributed by atoms with Crippen LogP contribution in [0.15, 0.2) is 5.16 Å². The van der Waals surface area contributed by atoms with Crippen LogP contribution in [0.25, 0.3) is 0 Å². The van der Waals surface area contributed by atoms with Crippen molar-refractivity contribution in [3.8, 4) is 0 Å². The van der Waals surface area contributed by atoms with Crippen molar-refractivity contribution in [2.45, 2.75) is 52.1 Å². The van der Waals surface area contributed by atoms with Crippen molar-refractivity contribution < 1.29 is 5.21 Å². The van der Waals surface area contributed by atoms with Crippen LogP contribution >= 0.6 is 0 Å². The number of amidine groups is 1. The van der Waals surface area contributed by atoms with E-state index in [4.69, 9.17) is 10.9 Å². The quantitative estimate of drug-likeness (QED) is 0.305. The van der Waals surface area contributed by atoms with Crippen LogP contribution in [-0.2, 0) is 0 Å². The van der Waals surface area contributed by atoms with Crippen LogP contribution in [-0.4, -0.2) is 34.6 Å². The first-order valence-corrected chi connectivity index (χ1v) is 5.83. The zero-order valence-corrected chi connectivity index (χ0v) is 9.98. The van der Waals surface area contributed by atoms with Crippen LogP contribution in [0, 0.1) is 5.92 Å². The Hall–Kier alpha value is -0.770. The molecule has 1 atom stereocenters. The molecule has 1 unspecified atom stereocenters. The number of hydrogen-bond acceptors (Lipinski definition) is 3. The highest BCUT2D eigenvalue weighted by Crippen LogP contribution is 2.30. The van der Waals surface area contributed by atoms with E-state index in [-0.39, 0.29) is 6.04 Å². The van der Waals surface area contributed by atoms with Crippen molar-refractivity contribution in [1.29, 1.82) is 0 Å². The SMILES string of the molecule is CCC(C(N)=NO)N(CC(C)C)C1CC1. The highest BCUT2D eigenvalue weighted by Gasteiger charge is 2.35. The van der Waals surface area contributed by atoms with E-state index in [1.165, 1.54) is 12.8 Å². The first-order chi connectivity index (χ1) is 7.10. The van der Waals surface area contributed by atoms with Crippen molar-refractivity contribution in [2.24, 2.45) is 16.8 Å². The molecule has 0 heterocycles. The fraction of sp³-hybridized carbons (Fsp3) is 0.909. The van der Waals surface area contributed by atoms with E-state index in [0.717, 1.165) is 13.0 Å². The van der Waals surface area contributed by atoms with Crippen LogP contribution in [0.3, 0.4) is 0 Å². The lowest BCUT2D eigenvalue weighted by Gasteiger charge is -2.31. The summed E-state index contributed by atoms with van der Waals surface area (Å²) in [6, 6.07) is 0.752. The first-order valence-electron chi connectivity index (χ1n) is 5.83. The van der Waals surface area contributed by atoms with Gasteiger partial charge in [0.2, 0.25) is 0 Å². The minimum absolute atomic E-state index is 0.102. The van der Waals surface area contributed by atoms with Crippen molar-refractivity contribution in [3.05, 3.63) is 0 Å². The van der Waals surface area contributed by atoms with E-state index in [0.29, 0.717) is 17.8 Å². The molecular weight excluding hydrogens is 190 g/mol. The second-order valence-electron chi connectivity index (χ2n) is 4.77. The molecule has 15 heavy (non-hydrogen) atoms. The van der Waals surface area contributed by atoms with Gasteiger partial charge in [-0.25, -0.2) is 0 Å². The number of nitrogens with two attached hydrogens (primary N) is 1. The van der Waals surface area contributed by atoms with Crippen molar-refractivity contribution in [2.75, 3.05) is 6.54 Å². The molecule has 88 valence electrons. The van der Waals surface area contributed by atoms with Crippen molar-refractivity contribution in [1.82, 2.24) is 4.90 Å². The molecule has 1 aliphatic rings. The Kier molecular flexibility index (Phi) is 4.39. The van der Waals surface area contributed by atoms with Crippen LogP contribution in [0.4, 0.5) is 0 Å². The summed E-state index contributed by atoms with van der Waals surface area (Å²) in [5.74, 6) is 0.969. The van der Waals surface area contributed by atoms with Gasteiger partial charge in [-0.3, -0.25) is 4.90 Å². The minimum Gasteiger partial charge on any atom is -0.409 e. The zero-order valence-electron chi connectivity index (χ0n) is 9.98. The average Bonchev–Trinajstić information content (AvgIpc) is 2.99. The summed E-state index contributed by atoms with van der Waals surface area (Å²) in [4.78, 5) is 2.39. The minimum atomic E-state index is 0.102. The summed E-state index contributed by atoms with van der Waals surface area (Å²) >= 11 is 0. The third-order valence-electron chi connectivity index (χ3n) is 2.84. The molecule has 0 spiro atoms. The molecule has 1 fully saturated rings. The van der Waals surface area contributed by atoms with E-state index in [1.807, 2.05) is 0 Å². The summed E-state index contributed by atoms with van der Waals surface area (Å²) in [5.41, 5.74) is 5.73. The molecule has 0 aromatic heterocycles. The van der Waals surface area contributed by atoms with Crippen LogP contribution in [0.1, 0.15) is 40.0 Å². The molecule has 0 amide bonds. The predicted octanol–water partition coefficient (Wildman–Crippen LogP) is 1.63. The molecule has 0 aromatic carbocycles. The zero-order chi connectivity index (χ0) is 11.4. The second kappa shape index (κ2) is 5.35. The molecule has 0 radical (unpaired) electrons. The monoisotopic (exact) mass is 213 g/mol. The Bertz CT molecular complexity index is 224. The normalized spacial score (nSPS) is 19.9. The maximum absolute atomic E-state index is 8.76. The van der Waals surface area contributed by atoms with Gasteiger partial charge in [0.05, 0.1) is 6.04 Å². The topological polar surface area (TPSA) is 61.9 Å². The highest BCUT2D eigenvalue weighted by molar-refractivity contribution is 5.85. The fourth-order valence-electron chi connectivity index (χ4n) is 2.04. The van der Waals surface area contributed by atoms with Gasteiger partial charge in [-0.1, -0.05) is 25.9 Å². The summed E-state index contributed by atoms with van der Waals surface area (Å²) in [5, 5.41) is 11.9. The lowest BCUT2D eigenvalue weighted by Crippen LogP contribution is -2.47. The van der Waals surface area contributed by atoms with Gasteiger partial charge in [-0.05, 0) is 25.2 Å². The number of oxime groups is 1. The van der Waals surface area contributed by atoms with Gasteiger partial charge in [-0.15, -0.1) is 0 Å². The van der Waals surface area contributed by atoms with Crippen LogP contribution in [0.5, 0.6) is 0 Å². The van der Waals surface area contributed by atoms with E-state index >= 15 is 0 Å². The summed E-state index contributed by atoms with van der Waals surface area (Å²) in [7, 11) is 0. The predicted molar refractivity (Wildman–Crippen MR) is 62.1 cm³/mol. The van der Waals surface area contributed by atoms with E-state index in [1.54, 1.807) is 0 Å². The molecule has 4 nitrogen and oxygen atoms in total. The number of nitrogens with zero attached hydrogens (tertiary/aromatic N) is 2. The Morgan fingerprint density at radius 1 is 1.53 bits per heavy atom. The summed E-state index contributed by atoms with van der Waals surface area (Å²) in [6.07, 6.45) is 3.41. The largest absolute Gasteiger partial charge is 0.409 e. The molecule has 4 heteroatoms. The maximum atomic E-state index is 8.76. The van der Waals surface area contributed by atoms with Crippen molar-refractivity contribution >= 4 is 5.84 Å². The van der Waals surface area contributed by atoms with Crippen LogP contribution < -0.4 is 5.73 Å². The third kappa shape index (κ3) is 3.38. The van der Waals surface area contributed by atoms with Crippen LogP contribution in [0.2, 0.25) is 0 Å². The Balaban J connectivity index is 2.66. The Labute approximate surface area is 92.1 Å². The van der Waals surface area contributed by atoms with Gasteiger partial charge >= 0.3 is 0 Å². The highest BCUT2D eigenvalue weighted by atomic mass is 16.4. The van der Waals surface area contributed by atoms with E-state index < -0.39 is 0 Å². The maximum Gasteiger partial charge on any atom is 0.156 e. The van der Waals surface area contributed by atoms with Gasteiger partial charge in [-0.2, -0.15) is 0 Å². The summed E-state index contributed by atoms with van der Waals surface area (Å²) in [6.45, 7) is 7.51. The summed E-state index contributed by atoms with van der Waals surface area (Å²) < 4.78 is 0. The van der Waals surface area contributed by atoms with Gasteiger partial charge in [0.25, 0.3) is 0 Å². The van der Waals surface area contributed by atoms with E-state index in [2.05, 4.69) is 30.8 Å². The second-order valence-corrected chi connectivity index (χ2v) is 4.77. The smallest absolute Gasteiger partial charge is 0.156 e. The molecule has 0 saturated heterocycles. The molecule has 1 aliphatic carbocycles. The van der Waals surface area contributed by atoms with Crippen molar-refractivity contribution in [3.63, 3.8) is 0 Å². The molecule has 0 bridgehead atoms. The molecule has 0 aromatic rings. The number of hydrogen-bond donors (Lipinski definition) is 2. The standard InChI is InChI=1S/C11H23N3O/c1-4-10(11(12)13-15)14(7-8(2)3)9-5-6-9/h8-10,15H,4-7H2,1-3H3,(H2,12,13). The van der Waals surface area contributed by atoms with Gasteiger partial charge in [0.1, 0.15) is 0 Å². The lowest BCUT2D eigenvalue weighted by molar-refractivity contribution is 0.195. The first kappa shape index (κ1) is 12.3. The fourth-order valence-corrected chi connectivity index (χ4v) is 2.04. The number of rotatable bonds is 6. The third-order valence-corrected chi connectivity index (χ3v) is 2.84. The molecular formula is C11H23N3O. The van der Waals surface area contributed by atoms with Gasteiger partial charge in [0, 0.05) is 12.6 Å². The Morgan fingerprint density at radius 2 is 2.13 bits per heavy atom. The van der Waals surface area contributed by atoms with Gasteiger partial charge in [0.15, 0.2) is 5.84 Å². The lowest BCUT2D eigenvalue weighted by atomic mass is 10.1. The molecule has 3 N–H and O–H groups in total. The average molecular weight is 213 g/mol. The molecule has 0 aliphatic heterocycles. The Morgan fingerprint density at radius 3 is 2.47 bits per heavy atom. The van der Waals surface area contributed by atoms with Gasteiger partial charge < -0.3 is 10.9 Å². The molecule has 1 rings (SSSR count). The molecule has 1 saturated carbocycles. The van der Waals surface area contributed by atoms with E-state index in [9.17, 15) is 0 Å².